The Kier molecular flexibility index (Phi) is 4.93. The van der Waals surface area contributed by atoms with Crippen LogP contribution < -0.4 is 5.32 Å². The molecule has 9 nitrogen and oxygen atoms in total. The van der Waals surface area contributed by atoms with Crippen molar-refractivity contribution in [1.82, 2.24) is 0 Å². The molecule has 0 heterocycles. The summed E-state index contributed by atoms with van der Waals surface area (Å²) >= 11 is 0. The number of nitro groups is 1. The summed E-state index contributed by atoms with van der Waals surface area (Å²) in [7, 11) is 0. The molecule has 1 amide bonds. The van der Waals surface area contributed by atoms with Crippen molar-refractivity contribution in [3.8, 4) is 12.1 Å². The SMILES string of the molecule is CCOC(=O)C(=O)Nc1cc(C#N)c(C#N)cc1[N+](=O)[O-]. The van der Waals surface area contributed by atoms with Gasteiger partial charge in [-0.25, -0.2) is 4.79 Å². The lowest BCUT2D eigenvalue weighted by Gasteiger charge is -2.06. The lowest BCUT2D eigenvalue weighted by atomic mass is 10.1. The van der Waals surface area contributed by atoms with E-state index in [-0.39, 0.29) is 23.4 Å². The first-order valence-corrected chi connectivity index (χ1v) is 5.55. The number of anilines is 1. The number of carbonyl (C=O) groups excluding carboxylic acids is 2. The zero-order valence-corrected chi connectivity index (χ0v) is 10.7. The maximum atomic E-state index is 11.5. The van der Waals surface area contributed by atoms with E-state index < -0.39 is 22.5 Å². The van der Waals surface area contributed by atoms with Gasteiger partial charge in [0.05, 0.1) is 22.7 Å². The van der Waals surface area contributed by atoms with Crippen LogP contribution in [0.15, 0.2) is 12.1 Å². The summed E-state index contributed by atoms with van der Waals surface area (Å²) in [5.74, 6) is -2.43. The molecule has 1 aromatic rings. The smallest absolute Gasteiger partial charge is 0.397 e. The summed E-state index contributed by atoms with van der Waals surface area (Å²) in [5, 5.41) is 30.6. The van der Waals surface area contributed by atoms with Crippen molar-refractivity contribution in [2.24, 2.45) is 0 Å². The van der Waals surface area contributed by atoms with E-state index in [1.165, 1.54) is 6.92 Å². The number of hydrogen-bond acceptors (Lipinski definition) is 7. The van der Waals surface area contributed by atoms with Crippen LogP contribution in [0.4, 0.5) is 11.4 Å². The first kappa shape index (κ1) is 15.6. The fourth-order valence-corrected chi connectivity index (χ4v) is 1.39. The highest BCUT2D eigenvalue weighted by molar-refractivity contribution is 6.37. The van der Waals surface area contributed by atoms with E-state index in [9.17, 15) is 19.7 Å². The first-order chi connectivity index (χ1) is 9.94. The number of nitrogens with one attached hydrogen (secondary N) is 1. The van der Waals surface area contributed by atoms with E-state index in [1.807, 2.05) is 5.32 Å². The Morgan fingerprint density at radius 1 is 1.33 bits per heavy atom. The van der Waals surface area contributed by atoms with Crippen molar-refractivity contribution in [1.29, 1.82) is 10.5 Å². The van der Waals surface area contributed by atoms with Crippen LogP contribution in [0.5, 0.6) is 0 Å². The van der Waals surface area contributed by atoms with Gasteiger partial charge in [0.25, 0.3) is 5.69 Å². The minimum Gasteiger partial charge on any atom is -0.459 e. The summed E-state index contributed by atoms with van der Waals surface area (Å²) in [4.78, 5) is 32.7. The zero-order chi connectivity index (χ0) is 16.0. The number of nitriles is 2. The highest BCUT2D eigenvalue weighted by atomic mass is 16.6. The largest absolute Gasteiger partial charge is 0.459 e. The lowest BCUT2D eigenvalue weighted by Crippen LogP contribution is -2.25. The number of carbonyl (C=O) groups is 2. The molecule has 0 fully saturated rings. The van der Waals surface area contributed by atoms with Crippen molar-refractivity contribution in [3.05, 3.63) is 33.4 Å². The topological polar surface area (TPSA) is 146 Å². The van der Waals surface area contributed by atoms with Gasteiger partial charge in [-0.3, -0.25) is 14.9 Å². The third-order valence-corrected chi connectivity index (χ3v) is 2.28. The van der Waals surface area contributed by atoms with Crippen LogP contribution in [0.2, 0.25) is 0 Å². The Balaban J connectivity index is 3.26. The Morgan fingerprint density at radius 3 is 2.38 bits per heavy atom. The van der Waals surface area contributed by atoms with Crippen LogP contribution in [0, 0.1) is 32.8 Å². The standard InChI is InChI=1S/C12H8N4O5/c1-2-21-12(18)11(17)15-9-3-7(5-13)8(6-14)4-10(9)16(19)20/h3-4H,2H2,1H3,(H,15,17). The molecule has 0 atom stereocenters. The molecule has 0 aromatic heterocycles. The normalized spacial score (nSPS) is 9.10. The quantitative estimate of drug-likeness (QED) is 0.375. The molecule has 0 spiro atoms. The van der Waals surface area contributed by atoms with Crippen LogP contribution in [0.1, 0.15) is 18.1 Å². The number of nitrogens with zero attached hydrogens (tertiary/aromatic N) is 3. The monoisotopic (exact) mass is 288 g/mol. The Bertz CT molecular complexity index is 699. The third-order valence-electron chi connectivity index (χ3n) is 2.28. The van der Waals surface area contributed by atoms with E-state index in [2.05, 4.69) is 4.74 Å². The van der Waals surface area contributed by atoms with Crippen molar-refractivity contribution in [2.45, 2.75) is 6.92 Å². The van der Waals surface area contributed by atoms with Crippen LogP contribution in [0.25, 0.3) is 0 Å². The van der Waals surface area contributed by atoms with E-state index in [4.69, 9.17) is 10.5 Å². The number of esters is 1. The molecule has 0 aliphatic rings. The summed E-state index contributed by atoms with van der Waals surface area (Å²) in [5.41, 5.74) is -1.35. The van der Waals surface area contributed by atoms with Crippen LogP contribution in [-0.2, 0) is 14.3 Å². The van der Waals surface area contributed by atoms with Gasteiger partial charge in [0.2, 0.25) is 0 Å². The average Bonchev–Trinajstić information content (AvgIpc) is 2.46. The Morgan fingerprint density at radius 2 is 1.90 bits per heavy atom. The van der Waals surface area contributed by atoms with Gasteiger partial charge < -0.3 is 10.1 Å². The molecule has 1 aromatic carbocycles. The molecule has 0 aliphatic carbocycles. The van der Waals surface area contributed by atoms with Gasteiger partial charge in [0, 0.05) is 6.07 Å². The molecule has 0 bridgehead atoms. The molecular formula is C12H8N4O5. The Labute approximate surface area is 118 Å². The van der Waals surface area contributed by atoms with Gasteiger partial charge in [0.1, 0.15) is 17.8 Å². The van der Waals surface area contributed by atoms with Crippen molar-refractivity contribution < 1.29 is 19.2 Å². The third kappa shape index (κ3) is 3.52. The van der Waals surface area contributed by atoms with E-state index >= 15 is 0 Å². The lowest BCUT2D eigenvalue weighted by molar-refractivity contribution is -0.383. The molecule has 106 valence electrons. The van der Waals surface area contributed by atoms with Gasteiger partial charge in [-0.15, -0.1) is 0 Å². The van der Waals surface area contributed by atoms with Crippen LogP contribution in [0.3, 0.4) is 0 Å². The fourth-order valence-electron chi connectivity index (χ4n) is 1.39. The van der Waals surface area contributed by atoms with Gasteiger partial charge >= 0.3 is 11.9 Å². The van der Waals surface area contributed by atoms with Crippen molar-refractivity contribution in [2.75, 3.05) is 11.9 Å². The average molecular weight is 288 g/mol. The number of nitro benzene ring substituents is 1. The van der Waals surface area contributed by atoms with E-state index in [0.29, 0.717) is 0 Å². The van der Waals surface area contributed by atoms with Crippen molar-refractivity contribution >= 4 is 23.3 Å². The predicted octanol–water partition coefficient (Wildman–Crippen LogP) is 0.840. The molecule has 0 aliphatic heterocycles. The van der Waals surface area contributed by atoms with Gasteiger partial charge in [0.15, 0.2) is 0 Å². The second kappa shape index (κ2) is 6.63. The maximum absolute atomic E-state index is 11.5. The van der Waals surface area contributed by atoms with Crippen LogP contribution in [-0.4, -0.2) is 23.4 Å². The molecule has 1 rings (SSSR count). The maximum Gasteiger partial charge on any atom is 0.397 e. The summed E-state index contributed by atoms with van der Waals surface area (Å²) in [6.07, 6.45) is 0. The number of benzene rings is 1. The molecular weight excluding hydrogens is 280 g/mol. The van der Waals surface area contributed by atoms with Gasteiger partial charge in [-0.1, -0.05) is 0 Å². The van der Waals surface area contributed by atoms with Crippen LogP contribution >= 0.6 is 0 Å². The first-order valence-electron chi connectivity index (χ1n) is 5.55. The summed E-state index contributed by atoms with van der Waals surface area (Å²) < 4.78 is 4.44. The molecule has 0 radical (unpaired) electrons. The summed E-state index contributed by atoms with van der Waals surface area (Å²) in [6.45, 7) is 1.45. The minimum atomic E-state index is -1.21. The highest BCUT2D eigenvalue weighted by Crippen LogP contribution is 2.28. The highest BCUT2D eigenvalue weighted by Gasteiger charge is 2.23. The second-order valence-electron chi connectivity index (χ2n) is 3.57. The van der Waals surface area contributed by atoms with Gasteiger partial charge in [-0.2, -0.15) is 10.5 Å². The molecule has 0 saturated heterocycles. The number of hydrogen-bond donors (Lipinski definition) is 1. The minimum absolute atomic E-state index is 0.0365. The number of ether oxygens (including phenoxy) is 1. The van der Waals surface area contributed by atoms with E-state index in [0.717, 1.165) is 12.1 Å². The molecule has 0 unspecified atom stereocenters. The molecule has 0 saturated carbocycles. The zero-order valence-electron chi connectivity index (χ0n) is 10.7. The number of amides is 1. The van der Waals surface area contributed by atoms with Crippen molar-refractivity contribution in [3.63, 3.8) is 0 Å². The summed E-state index contributed by atoms with van der Waals surface area (Å²) in [6, 6.07) is 5.10. The van der Waals surface area contributed by atoms with E-state index in [1.54, 1.807) is 12.1 Å². The molecule has 1 N–H and O–H groups in total. The molecule has 9 heteroatoms. The second-order valence-corrected chi connectivity index (χ2v) is 3.57. The fraction of sp³-hybridized carbons (Fsp3) is 0.167. The Hall–Kier alpha value is -3.46. The predicted molar refractivity (Wildman–Crippen MR) is 67.8 cm³/mol. The number of rotatable bonds is 3. The molecule has 21 heavy (non-hydrogen) atoms. The van der Waals surface area contributed by atoms with Gasteiger partial charge in [-0.05, 0) is 13.0 Å².